The molecule has 0 spiro atoms. The fourth-order valence-electron chi connectivity index (χ4n) is 2.32. The van der Waals surface area contributed by atoms with Crippen LogP contribution < -0.4 is 10.1 Å². The second-order valence-corrected chi connectivity index (χ2v) is 5.98. The topological polar surface area (TPSA) is 93.6 Å². The van der Waals surface area contributed by atoms with Gasteiger partial charge in [0, 0.05) is 5.02 Å². The Morgan fingerprint density at radius 1 is 1.35 bits per heavy atom. The van der Waals surface area contributed by atoms with Gasteiger partial charge >= 0.3 is 0 Å². The van der Waals surface area contributed by atoms with Crippen LogP contribution in [0.4, 0.5) is 5.69 Å². The molecule has 0 aliphatic carbocycles. The van der Waals surface area contributed by atoms with Crippen LogP contribution in [0.3, 0.4) is 0 Å². The van der Waals surface area contributed by atoms with Crippen LogP contribution in [0, 0.1) is 0 Å². The van der Waals surface area contributed by atoms with Crippen LogP contribution in [0.15, 0.2) is 45.4 Å². The van der Waals surface area contributed by atoms with E-state index >= 15 is 0 Å². The van der Waals surface area contributed by atoms with Crippen LogP contribution in [0.5, 0.6) is 5.75 Å². The third kappa shape index (κ3) is 4.41. The Balaban J connectivity index is 1.57. The second kappa shape index (κ2) is 8.03. The number of nitrogens with zero attached hydrogens (tertiary/aromatic N) is 3. The van der Waals surface area contributed by atoms with Gasteiger partial charge in [0.25, 0.3) is 5.89 Å². The van der Waals surface area contributed by atoms with Gasteiger partial charge in [0.1, 0.15) is 5.75 Å². The van der Waals surface area contributed by atoms with Crippen LogP contribution in [0.25, 0.3) is 11.7 Å². The summed E-state index contributed by atoms with van der Waals surface area (Å²) in [7, 11) is 3.29. The van der Waals surface area contributed by atoms with E-state index in [1.165, 1.54) is 13.4 Å². The van der Waals surface area contributed by atoms with Gasteiger partial charge in [-0.15, -0.1) is 10.2 Å². The molecule has 0 radical (unpaired) electrons. The largest absolute Gasteiger partial charge is 0.495 e. The first-order valence-corrected chi connectivity index (χ1v) is 8.11. The first-order chi connectivity index (χ1) is 12.5. The first-order valence-electron chi connectivity index (χ1n) is 7.73. The quantitative estimate of drug-likeness (QED) is 0.677. The molecule has 8 nitrogen and oxygen atoms in total. The van der Waals surface area contributed by atoms with Crippen molar-refractivity contribution in [3.8, 4) is 17.4 Å². The lowest BCUT2D eigenvalue weighted by atomic mass is 10.3. The molecule has 0 aliphatic rings. The summed E-state index contributed by atoms with van der Waals surface area (Å²) < 4.78 is 15.9. The molecule has 0 saturated carbocycles. The number of ether oxygens (including phenoxy) is 1. The number of carbonyl (C=O) groups excluding carboxylic acids is 1. The number of methoxy groups -OCH3 is 1. The summed E-state index contributed by atoms with van der Waals surface area (Å²) in [5, 5.41) is 11.2. The van der Waals surface area contributed by atoms with Gasteiger partial charge in [-0.05, 0) is 37.4 Å². The maximum atomic E-state index is 12.3. The summed E-state index contributed by atoms with van der Waals surface area (Å²) >= 11 is 5.96. The lowest BCUT2D eigenvalue weighted by molar-refractivity contribution is -0.117. The van der Waals surface area contributed by atoms with E-state index < -0.39 is 0 Å². The van der Waals surface area contributed by atoms with E-state index in [4.69, 9.17) is 25.2 Å². The van der Waals surface area contributed by atoms with Crippen molar-refractivity contribution in [3.63, 3.8) is 0 Å². The number of likely N-dealkylation sites (N-methyl/N-ethyl adjacent to an activating group) is 1. The molecule has 1 aromatic carbocycles. The molecule has 0 fully saturated rings. The first kappa shape index (κ1) is 18.0. The highest BCUT2D eigenvalue weighted by Gasteiger charge is 2.15. The van der Waals surface area contributed by atoms with Crippen molar-refractivity contribution in [1.82, 2.24) is 15.1 Å². The standard InChI is InChI=1S/C17H17ClN4O4/c1-22(10-16-20-21-17(26-16)14-4-3-7-25-14)9-15(23)19-12-8-11(18)5-6-13(12)24-2/h3-8H,9-10H2,1-2H3,(H,19,23). The van der Waals surface area contributed by atoms with Crippen molar-refractivity contribution in [2.45, 2.75) is 6.54 Å². The molecule has 0 atom stereocenters. The summed E-state index contributed by atoms with van der Waals surface area (Å²) in [5.41, 5.74) is 0.510. The molecular weight excluding hydrogens is 360 g/mol. The van der Waals surface area contributed by atoms with Crippen LogP contribution >= 0.6 is 11.6 Å². The minimum absolute atomic E-state index is 0.119. The Hall–Kier alpha value is -2.84. The average Bonchev–Trinajstić information content (AvgIpc) is 3.26. The van der Waals surface area contributed by atoms with E-state index in [9.17, 15) is 4.79 Å². The van der Waals surface area contributed by atoms with E-state index in [1.807, 2.05) is 0 Å². The number of anilines is 1. The summed E-state index contributed by atoms with van der Waals surface area (Å²) in [6.07, 6.45) is 1.53. The van der Waals surface area contributed by atoms with Crippen molar-refractivity contribution >= 4 is 23.2 Å². The van der Waals surface area contributed by atoms with E-state index in [0.717, 1.165) is 0 Å². The van der Waals surface area contributed by atoms with Crippen LogP contribution in [0.2, 0.25) is 5.02 Å². The molecule has 1 amide bonds. The van der Waals surface area contributed by atoms with Gasteiger partial charge < -0.3 is 18.9 Å². The Morgan fingerprint density at radius 3 is 2.92 bits per heavy atom. The SMILES string of the molecule is COc1ccc(Cl)cc1NC(=O)CN(C)Cc1nnc(-c2ccco2)o1. The highest BCUT2D eigenvalue weighted by molar-refractivity contribution is 6.31. The maximum Gasteiger partial charge on any atom is 0.283 e. The number of aromatic nitrogens is 2. The van der Waals surface area contributed by atoms with Crippen LogP contribution in [0.1, 0.15) is 5.89 Å². The van der Waals surface area contributed by atoms with E-state index in [1.54, 1.807) is 42.3 Å². The van der Waals surface area contributed by atoms with Gasteiger partial charge in [0.2, 0.25) is 11.8 Å². The van der Waals surface area contributed by atoms with Gasteiger partial charge in [-0.25, -0.2) is 0 Å². The fraction of sp³-hybridized carbons (Fsp3) is 0.235. The van der Waals surface area contributed by atoms with Crippen molar-refractivity contribution < 1.29 is 18.4 Å². The highest BCUT2D eigenvalue weighted by atomic mass is 35.5. The van der Waals surface area contributed by atoms with Crippen LogP contribution in [-0.4, -0.2) is 41.7 Å². The van der Waals surface area contributed by atoms with Crippen LogP contribution in [-0.2, 0) is 11.3 Å². The van der Waals surface area contributed by atoms with E-state index in [0.29, 0.717) is 40.5 Å². The Bertz CT molecular complexity index is 879. The molecule has 136 valence electrons. The smallest absolute Gasteiger partial charge is 0.283 e. The number of hydrogen-bond acceptors (Lipinski definition) is 7. The van der Waals surface area contributed by atoms with E-state index in [-0.39, 0.29) is 12.5 Å². The summed E-state index contributed by atoms with van der Waals surface area (Å²) in [5.74, 6) is 1.49. The predicted octanol–water partition coefficient (Wildman–Crippen LogP) is 3.06. The molecule has 26 heavy (non-hydrogen) atoms. The molecule has 3 aromatic rings. The third-order valence-corrected chi connectivity index (χ3v) is 3.69. The molecule has 9 heteroatoms. The number of halogens is 1. The Morgan fingerprint density at radius 2 is 2.19 bits per heavy atom. The zero-order valence-corrected chi connectivity index (χ0v) is 15.0. The molecule has 0 unspecified atom stereocenters. The van der Waals surface area contributed by atoms with Gasteiger partial charge in [0.05, 0.1) is 32.1 Å². The molecule has 1 N–H and O–H groups in total. The number of hydrogen-bond donors (Lipinski definition) is 1. The van der Waals surface area contributed by atoms with Crippen molar-refractivity contribution in [3.05, 3.63) is 47.5 Å². The van der Waals surface area contributed by atoms with E-state index in [2.05, 4.69) is 15.5 Å². The van der Waals surface area contributed by atoms with Gasteiger partial charge in [-0.2, -0.15) is 0 Å². The number of nitrogens with one attached hydrogen (secondary N) is 1. The summed E-state index contributed by atoms with van der Waals surface area (Å²) in [4.78, 5) is 14.0. The average molecular weight is 377 g/mol. The Labute approximate surface area is 154 Å². The number of rotatable bonds is 7. The third-order valence-electron chi connectivity index (χ3n) is 3.45. The predicted molar refractivity (Wildman–Crippen MR) is 95.0 cm³/mol. The lowest BCUT2D eigenvalue weighted by Crippen LogP contribution is -2.30. The molecule has 2 heterocycles. The maximum absolute atomic E-state index is 12.3. The number of amides is 1. The van der Waals surface area contributed by atoms with Gasteiger partial charge in [-0.1, -0.05) is 11.6 Å². The Kier molecular flexibility index (Phi) is 5.55. The summed E-state index contributed by atoms with van der Waals surface area (Å²) in [6.45, 7) is 0.432. The lowest BCUT2D eigenvalue weighted by Gasteiger charge is -2.15. The number of furan rings is 1. The number of carbonyl (C=O) groups is 1. The number of benzene rings is 1. The zero-order chi connectivity index (χ0) is 18.5. The minimum atomic E-state index is -0.223. The normalized spacial score (nSPS) is 10.9. The summed E-state index contributed by atoms with van der Waals surface area (Å²) in [6, 6.07) is 8.48. The molecule has 3 rings (SSSR count). The van der Waals surface area contributed by atoms with Crippen molar-refractivity contribution in [1.29, 1.82) is 0 Å². The van der Waals surface area contributed by atoms with Gasteiger partial charge in [0.15, 0.2) is 5.76 Å². The molecule has 0 aliphatic heterocycles. The van der Waals surface area contributed by atoms with Crippen molar-refractivity contribution in [2.24, 2.45) is 0 Å². The second-order valence-electron chi connectivity index (χ2n) is 5.54. The zero-order valence-electron chi connectivity index (χ0n) is 14.2. The molecular formula is C17H17ClN4O4. The fourth-order valence-corrected chi connectivity index (χ4v) is 2.49. The minimum Gasteiger partial charge on any atom is -0.495 e. The van der Waals surface area contributed by atoms with Crippen molar-refractivity contribution in [2.75, 3.05) is 26.0 Å². The monoisotopic (exact) mass is 376 g/mol. The van der Waals surface area contributed by atoms with Gasteiger partial charge in [-0.3, -0.25) is 9.69 Å². The highest BCUT2D eigenvalue weighted by Crippen LogP contribution is 2.27. The molecule has 2 aromatic heterocycles. The molecule has 0 bridgehead atoms. The molecule has 0 saturated heterocycles.